The molecule has 1 unspecified atom stereocenters. The van der Waals surface area contributed by atoms with Gasteiger partial charge < -0.3 is 40.9 Å². The molecule has 4 fully saturated rings. The molecule has 5 amide bonds. The van der Waals surface area contributed by atoms with Crippen molar-refractivity contribution in [2.45, 2.75) is 63.6 Å². The number of amides is 5. The Morgan fingerprint density at radius 2 is 1.77 bits per heavy atom. The van der Waals surface area contributed by atoms with Crippen molar-refractivity contribution >= 4 is 46.9 Å². The highest BCUT2D eigenvalue weighted by Crippen LogP contribution is 2.32. The number of nitrogens with one attached hydrogen (secondary N) is 2. The molecular weight excluding hydrogens is 725 g/mol. The monoisotopic (exact) mass is 776 g/mol. The fourth-order valence-electron chi connectivity index (χ4n) is 8.82. The molecule has 5 aliphatic rings. The zero-order valence-electron chi connectivity index (χ0n) is 32.7. The Morgan fingerprint density at radius 1 is 0.930 bits per heavy atom. The van der Waals surface area contributed by atoms with Crippen LogP contribution in [-0.2, 0) is 17.8 Å². The Bertz CT molecular complexity index is 2030. The van der Waals surface area contributed by atoms with E-state index in [1.165, 1.54) is 5.56 Å². The lowest BCUT2D eigenvalue weighted by Gasteiger charge is -2.37. The minimum absolute atomic E-state index is 0.0514. The van der Waals surface area contributed by atoms with Gasteiger partial charge in [0.15, 0.2) is 11.5 Å². The van der Waals surface area contributed by atoms with Gasteiger partial charge in [0.25, 0.3) is 11.8 Å². The summed E-state index contributed by atoms with van der Waals surface area (Å²) in [5, 5.41) is 6.05. The fraction of sp³-hybridized carbons (Fsp3) is 0.488. The van der Waals surface area contributed by atoms with E-state index in [2.05, 4.69) is 43.0 Å². The number of benzene rings is 1. The molecule has 2 atom stereocenters. The number of carbonyl (C=O) groups is 4. The molecule has 4 N–H and O–H groups in total. The number of piperazine rings is 1. The number of likely N-dealkylation sites (N-methyl/N-ethyl adjacent to an activating group) is 1. The quantitative estimate of drug-likeness (QED) is 0.231. The van der Waals surface area contributed by atoms with Crippen LogP contribution < -0.4 is 26.2 Å². The van der Waals surface area contributed by atoms with Crippen LogP contribution in [-0.4, -0.2) is 136 Å². The Morgan fingerprint density at radius 3 is 2.51 bits per heavy atom. The van der Waals surface area contributed by atoms with Crippen molar-refractivity contribution in [3.8, 4) is 0 Å². The minimum Gasteiger partial charge on any atom is -0.364 e. The summed E-state index contributed by atoms with van der Waals surface area (Å²) >= 11 is 0. The average molecular weight is 777 g/mol. The smallest absolute Gasteiger partial charge is 0.320 e. The van der Waals surface area contributed by atoms with Crippen LogP contribution in [0.15, 0.2) is 55.0 Å². The number of primary amides is 1. The maximum atomic E-state index is 13.3. The topological polar surface area (TPSA) is 176 Å². The van der Waals surface area contributed by atoms with Gasteiger partial charge in [-0.25, -0.2) is 19.7 Å². The van der Waals surface area contributed by atoms with Crippen LogP contribution in [0.2, 0.25) is 0 Å². The molecule has 0 radical (unpaired) electrons. The van der Waals surface area contributed by atoms with Gasteiger partial charge in [0, 0.05) is 77.2 Å². The van der Waals surface area contributed by atoms with Gasteiger partial charge in [-0.2, -0.15) is 0 Å². The van der Waals surface area contributed by atoms with Gasteiger partial charge in [-0.3, -0.25) is 19.3 Å². The van der Waals surface area contributed by atoms with Crippen LogP contribution in [0.3, 0.4) is 0 Å². The van der Waals surface area contributed by atoms with Crippen LogP contribution in [0, 0.1) is 0 Å². The summed E-state index contributed by atoms with van der Waals surface area (Å²) in [4.78, 5) is 77.1. The van der Waals surface area contributed by atoms with E-state index in [-0.39, 0.29) is 35.4 Å². The first-order chi connectivity index (χ1) is 27.6. The molecule has 0 aliphatic carbocycles. The number of pyridine rings is 1. The molecule has 300 valence electrons. The van der Waals surface area contributed by atoms with Crippen LogP contribution >= 0.6 is 0 Å². The van der Waals surface area contributed by atoms with Crippen molar-refractivity contribution in [2.75, 3.05) is 81.1 Å². The number of carbonyl (C=O) groups excluding carboxylic acids is 4. The summed E-state index contributed by atoms with van der Waals surface area (Å²) in [6.07, 6.45) is 9.44. The Kier molecular flexibility index (Phi) is 10.9. The van der Waals surface area contributed by atoms with Crippen LogP contribution in [0.25, 0.3) is 0 Å². The van der Waals surface area contributed by atoms with Gasteiger partial charge in [-0.1, -0.05) is 18.7 Å². The van der Waals surface area contributed by atoms with E-state index in [1.54, 1.807) is 22.2 Å². The fourth-order valence-corrected chi connectivity index (χ4v) is 8.82. The molecule has 0 saturated carbocycles. The number of urea groups is 1. The van der Waals surface area contributed by atoms with E-state index in [1.807, 2.05) is 36.2 Å². The third-order valence-electron chi connectivity index (χ3n) is 12.1. The predicted octanol–water partition coefficient (Wildman–Crippen LogP) is 2.94. The molecule has 0 spiro atoms. The second kappa shape index (κ2) is 16.4. The second-order valence-electron chi connectivity index (χ2n) is 15.8. The molecule has 5 aliphatic heterocycles. The van der Waals surface area contributed by atoms with Crippen LogP contribution in [0.1, 0.15) is 70.5 Å². The zero-order valence-corrected chi connectivity index (χ0v) is 32.7. The number of hydrogen-bond acceptors (Lipinski definition) is 11. The molecule has 1 aromatic carbocycles. The lowest BCUT2D eigenvalue weighted by atomic mass is 9.98. The molecule has 16 nitrogen and oxygen atoms in total. The number of aryl methyl sites for hydroxylation is 1. The first-order valence-electron chi connectivity index (χ1n) is 20.2. The number of aromatic nitrogens is 3. The van der Waals surface area contributed by atoms with E-state index in [0.717, 1.165) is 101 Å². The molecular formula is C41H52N12O4. The number of allylic oxidation sites excluding steroid dienone is 1. The molecule has 7 heterocycles. The van der Waals surface area contributed by atoms with Gasteiger partial charge in [0.1, 0.15) is 17.7 Å². The average Bonchev–Trinajstić information content (AvgIpc) is 3.74. The molecule has 4 saturated heterocycles. The summed E-state index contributed by atoms with van der Waals surface area (Å²) in [6.45, 7) is 11.8. The Hall–Kier alpha value is -5.77. The third-order valence-corrected chi connectivity index (χ3v) is 12.1. The maximum absolute atomic E-state index is 13.3. The van der Waals surface area contributed by atoms with E-state index in [4.69, 9.17) is 15.7 Å². The van der Waals surface area contributed by atoms with Gasteiger partial charge in [-0.15, -0.1) is 0 Å². The molecule has 8 rings (SSSR count). The molecule has 2 aromatic heterocycles. The largest absolute Gasteiger partial charge is 0.364 e. The summed E-state index contributed by atoms with van der Waals surface area (Å²) in [6, 6.07) is 9.57. The standard InChI is InChI=1S/C41H52N12O4/c1-27-11-13-33(39(55)45-27)53-26-32-28(8-5-10-31(32)40(53)56)7-3-4-15-49-18-20-50(21-19-49)34-14-12-29(23-43-34)46-38-36(37(42)54)44-24-35(47-38)51-16-6-9-30(25-51)52-22-17-48(2)41(52)57/h5,8,10,12,14,23-24,30,33H,1,3-4,6-7,9,11,13,15-22,25-26H2,2H3,(H2,42,54)(H,45,55)(H,46,47)/t30-,33?/m0/s1. The number of nitrogens with zero attached hydrogens (tertiary/aromatic N) is 9. The number of hydrogen-bond donors (Lipinski definition) is 3. The number of nitrogens with two attached hydrogens (primary N) is 1. The predicted molar refractivity (Wildman–Crippen MR) is 216 cm³/mol. The van der Waals surface area contributed by atoms with Gasteiger partial charge >= 0.3 is 6.03 Å². The SMILES string of the molecule is C=C1CCC(N2Cc3c(CCCCN4CCN(c5ccc(Nc6nc(N7CCC[C@H](N8CCN(C)C8=O)C7)cnc6C(N)=O)cn5)CC4)cccc3C2=O)C(=O)N1. The van der Waals surface area contributed by atoms with E-state index >= 15 is 0 Å². The van der Waals surface area contributed by atoms with Crippen LogP contribution in [0.4, 0.5) is 27.9 Å². The molecule has 0 bridgehead atoms. The number of anilines is 4. The summed E-state index contributed by atoms with van der Waals surface area (Å²) in [7, 11) is 1.83. The number of rotatable bonds is 12. The van der Waals surface area contributed by atoms with Gasteiger partial charge in [-0.05, 0) is 80.8 Å². The zero-order chi connectivity index (χ0) is 39.6. The Labute approximate surface area is 333 Å². The van der Waals surface area contributed by atoms with Crippen molar-refractivity contribution in [1.82, 2.24) is 39.9 Å². The summed E-state index contributed by atoms with van der Waals surface area (Å²) in [5.74, 6) is 0.916. The van der Waals surface area contributed by atoms with Crippen molar-refractivity contribution in [3.05, 3.63) is 77.4 Å². The number of fused-ring (bicyclic) bond motifs is 1. The van der Waals surface area contributed by atoms with Gasteiger partial charge in [0.05, 0.1) is 24.1 Å². The first kappa shape index (κ1) is 38.1. The molecule has 3 aromatic rings. The van der Waals surface area contributed by atoms with E-state index in [9.17, 15) is 19.2 Å². The third kappa shape index (κ3) is 8.08. The van der Waals surface area contributed by atoms with E-state index < -0.39 is 11.9 Å². The summed E-state index contributed by atoms with van der Waals surface area (Å²) < 4.78 is 0. The maximum Gasteiger partial charge on any atom is 0.320 e. The van der Waals surface area contributed by atoms with Crippen LogP contribution in [0.5, 0.6) is 0 Å². The van der Waals surface area contributed by atoms with Gasteiger partial charge in [0.2, 0.25) is 5.91 Å². The second-order valence-corrected chi connectivity index (χ2v) is 15.8. The summed E-state index contributed by atoms with van der Waals surface area (Å²) in [5.41, 5.74) is 10.1. The minimum atomic E-state index is -0.674. The number of piperidine rings is 2. The van der Waals surface area contributed by atoms with Crippen molar-refractivity contribution in [3.63, 3.8) is 0 Å². The Balaban J connectivity index is 0.810. The lowest BCUT2D eigenvalue weighted by Crippen LogP contribution is -2.49. The van der Waals surface area contributed by atoms with Crippen molar-refractivity contribution in [2.24, 2.45) is 5.73 Å². The van der Waals surface area contributed by atoms with Crippen molar-refractivity contribution < 1.29 is 19.2 Å². The molecule has 16 heteroatoms. The lowest BCUT2D eigenvalue weighted by molar-refractivity contribution is -0.126. The highest BCUT2D eigenvalue weighted by Gasteiger charge is 2.39. The highest BCUT2D eigenvalue weighted by atomic mass is 16.2. The molecule has 57 heavy (non-hydrogen) atoms. The first-order valence-corrected chi connectivity index (χ1v) is 20.2. The van der Waals surface area contributed by atoms with Crippen molar-refractivity contribution in [1.29, 1.82) is 0 Å². The highest BCUT2D eigenvalue weighted by molar-refractivity contribution is 6.02. The van der Waals surface area contributed by atoms with E-state index in [0.29, 0.717) is 43.1 Å². The number of unbranched alkanes of at least 4 members (excludes halogenated alkanes) is 1. The normalized spacial score (nSPS) is 21.7.